The van der Waals surface area contributed by atoms with E-state index in [0.717, 1.165) is 59.8 Å². The minimum absolute atomic E-state index is 0.109. The third-order valence-electron chi connectivity index (χ3n) is 3.81. The smallest absolute Gasteiger partial charge is 0.265 e. The van der Waals surface area contributed by atoms with Crippen LogP contribution in [-0.2, 0) is 6.54 Å². The summed E-state index contributed by atoms with van der Waals surface area (Å²) in [5, 5.41) is 4.85. The molecule has 2 aromatic heterocycles. The van der Waals surface area contributed by atoms with Gasteiger partial charge in [-0.25, -0.2) is 4.98 Å². The Morgan fingerprint density at radius 2 is 2.00 bits per heavy atom. The zero-order chi connectivity index (χ0) is 15.7. The molecule has 0 unspecified atom stereocenters. The van der Waals surface area contributed by atoms with Crippen LogP contribution in [0.15, 0.2) is 10.6 Å². The zero-order valence-corrected chi connectivity index (χ0v) is 13.9. The summed E-state index contributed by atoms with van der Waals surface area (Å²) in [7, 11) is 0. The fourth-order valence-corrected chi connectivity index (χ4v) is 3.58. The molecule has 3 heterocycles. The Morgan fingerprint density at radius 3 is 2.55 bits per heavy atom. The summed E-state index contributed by atoms with van der Waals surface area (Å²) in [4.78, 5) is 21.9. The van der Waals surface area contributed by atoms with Crippen molar-refractivity contribution in [1.29, 1.82) is 0 Å². The molecule has 118 valence electrons. The van der Waals surface area contributed by atoms with Crippen molar-refractivity contribution in [1.82, 2.24) is 19.9 Å². The van der Waals surface area contributed by atoms with Crippen LogP contribution in [0.3, 0.4) is 0 Å². The van der Waals surface area contributed by atoms with Crippen LogP contribution in [0.5, 0.6) is 0 Å². The number of aryl methyl sites for hydroxylation is 3. The molecule has 0 bridgehead atoms. The van der Waals surface area contributed by atoms with E-state index in [2.05, 4.69) is 15.0 Å². The average molecular weight is 320 g/mol. The van der Waals surface area contributed by atoms with Crippen LogP contribution in [0.4, 0.5) is 0 Å². The average Bonchev–Trinajstić information content (AvgIpc) is 3.04. The van der Waals surface area contributed by atoms with E-state index in [-0.39, 0.29) is 5.91 Å². The molecule has 3 rings (SSSR count). The van der Waals surface area contributed by atoms with Gasteiger partial charge < -0.3 is 9.42 Å². The Morgan fingerprint density at radius 1 is 1.27 bits per heavy atom. The number of hydrogen-bond acceptors (Lipinski definition) is 6. The summed E-state index contributed by atoms with van der Waals surface area (Å²) in [6.07, 6.45) is 0. The van der Waals surface area contributed by atoms with Crippen molar-refractivity contribution in [3.63, 3.8) is 0 Å². The molecule has 0 N–H and O–H groups in total. The standard InChI is InChI=1S/C15H20N4O2S/c1-10-8-13(21-17-10)9-18-4-6-19(7-5-18)15(20)14-11(2)16-12(3)22-14/h8H,4-7,9H2,1-3H3. The zero-order valence-electron chi connectivity index (χ0n) is 13.1. The quantitative estimate of drug-likeness (QED) is 0.866. The van der Waals surface area contributed by atoms with Gasteiger partial charge in [0.1, 0.15) is 4.88 Å². The van der Waals surface area contributed by atoms with Gasteiger partial charge in [0.15, 0.2) is 5.76 Å². The minimum Gasteiger partial charge on any atom is -0.360 e. The van der Waals surface area contributed by atoms with Crippen molar-refractivity contribution in [2.45, 2.75) is 27.3 Å². The second-order valence-electron chi connectivity index (χ2n) is 5.65. The minimum atomic E-state index is 0.109. The van der Waals surface area contributed by atoms with Crippen LogP contribution in [0.1, 0.15) is 31.8 Å². The molecule has 2 aromatic rings. The summed E-state index contributed by atoms with van der Waals surface area (Å²) in [5.41, 5.74) is 1.74. The van der Waals surface area contributed by atoms with Crippen LogP contribution in [0.2, 0.25) is 0 Å². The molecule has 0 aromatic carbocycles. The maximum absolute atomic E-state index is 12.6. The maximum atomic E-state index is 12.6. The number of carbonyl (C=O) groups excluding carboxylic acids is 1. The van der Waals surface area contributed by atoms with Gasteiger partial charge in [0.05, 0.1) is 22.9 Å². The van der Waals surface area contributed by atoms with E-state index < -0.39 is 0 Å². The molecule has 1 saturated heterocycles. The van der Waals surface area contributed by atoms with E-state index >= 15 is 0 Å². The first-order chi connectivity index (χ1) is 10.5. The summed E-state index contributed by atoms with van der Waals surface area (Å²) >= 11 is 1.48. The van der Waals surface area contributed by atoms with Crippen molar-refractivity contribution < 1.29 is 9.32 Å². The lowest BCUT2D eigenvalue weighted by molar-refractivity contribution is 0.0621. The van der Waals surface area contributed by atoms with Gasteiger partial charge >= 0.3 is 0 Å². The Labute approximate surface area is 133 Å². The predicted molar refractivity (Wildman–Crippen MR) is 84.0 cm³/mol. The van der Waals surface area contributed by atoms with E-state index in [9.17, 15) is 4.79 Å². The molecule has 1 aliphatic rings. The SMILES string of the molecule is Cc1cc(CN2CCN(C(=O)c3sc(C)nc3C)CC2)on1. The molecule has 0 spiro atoms. The van der Waals surface area contributed by atoms with Gasteiger partial charge in [-0.15, -0.1) is 11.3 Å². The third-order valence-corrected chi connectivity index (χ3v) is 4.87. The van der Waals surface area contributed by atoms with E-state index in [1.165, 1.54) is 11.3 Å². The van der Waals surface area contributed by atoms with Crippen LogP contribution in [0, 0.1) is 20.8 Å². The number of carbonyl (C=O) groups is 1. The molecule has 0 atom stereocenters. The number of hydrogen-bond donors (Lipinski definition) is 0. The lowest BCUT2D eigenvalue weighted by Crippen LogP contribution is -2.48. The highest BCUT2D eigenvalue weighted by Gasteiger charge is 2.25. The van der Waals surface area contributed by atoms with Gasteiger partial charge in [-0.3, -0.25) is 9.69 Å². The Hall–Kier alpha value is -1.73. The molecule has 6 nitrogen and oxygen atoms in total. The molecule has 1 aliphatic heterocycles. The van der Waals surface area contributed by atoms with E-state index in [1.807, 2.05) is 31.7 Å². The number of thiazole rings is 1. The lowest BCUT2D eigenvalue weighted by atomic mass is 10.2. The van der Waals surface area contributed by atoms with Crippen molar-refractivity contribution in [3.8, 4) is 0 Å². The number of piperazine rings is 1. The summed E-state index contributed by atoms with van der Waals surface area (Å²) in [6.45, 7) is 9.69. The Balaban J connectivity index is 1.57. The monoisotopic (exact) mass is 320 g/mol. The fourth-order valence-electron chi connectivity index (χ4n) is 2.69. The maximum Gasteiger partial charge on any atom is 0.265 e. The molecule has 0 radical (unpaired) electrons. The Kier molecular flexibility index (Phi) is 4.26. The van der Waals surface area contributed by atoms with Crippen LogP contribution >= 0.6 is 11.3 Å². The molecule has 1 fully saturated rings. The second-order valence-corrected chi connectivity index (χ2v) is 6.85. The first-order valence-electron chi connectivity index (χ1n) is 7.41. The highest BCUT2D eigenvalue weighted by atomic mass is 32.1. The molecule has 22 heavy (non-hydrogen) atoms. The number of nitrogens with zero attached hydrogens (tertiary/aromatic N) is 4. The summed E-state index contributed by atoms with van der Waals surface area (Å²) < 4.78 is 5.25. The van der Waals surface area contributed by atoms with Gasteiger partial charge in [-0.05, 0) is 20.8 Å². The summed E-state index contributed by atoms with van der Waals surface area (Å²) in [5.74, 6) is 0.990. The van der Waals surface area contributed by atoms with Gasteiger partial charge in [-0.2, -0.15) is 0 Å². The van der Waals surface area contributed by atoms with Gasteiger partial charge in [0.2, 0.25) is 0 Å². The van der Waals surface area contributed by atoms with E-state index in [0.29, 0.717) is 0 Å². The fraction of sp³-hybridized carbons (Fsp3) is 0.533. The molecule has 7 heteroatoms. The number of rotatable bonds is 3. The molecule has 0 saturated carbocycles. The van der Waals surface area contributed by atoms with E-state index in [4.69, 9.17) is 4.52 Å². The van der Waals surface area contributed by atoms with Gasteiger partial charge in [0.25, 0.3) is 5.91 Å². The molecular weight excluding hydrogens is 300 g/mol. The van der Waals surface area contributed by atoms with Crippen molar-refractivity contribution in [2.75, 3.05) is 26.2 Å². The molecule has 1 amide bonds. The highest BCUT2D eigenvalue weighted by molar-refractivity contribution is 7.13. The number of aromatic nitrogens is 2. The van der Waals surface area contributed by atoms with Crippen molar-refractivity contribution in [3.05, 3.63) is 33.1 Å². The predicted octanol–water partition coefficient (Wildman–Crippen LogP) is 2.01. The van der Waals surface area contributed by atoms with Gasteiger partial charge in [-0.1, -0.05) is 5.16 Å². The van der Waals surface area contributed by atoms with Gasteiger partial charge in [0, 0.05) is 32.2 Å². The second kappa shape index (κ2) is 6.18. The topological polar surface area (TPSA) is 62.5 Å². The largest absolute Gasteiger partial charge is 0.360 e. The molecular formula is C15H20N4O2S. The highest BCUT2D eigenvalue weighted by Crippen LogP contribution is 2.20. The normalized spacial score (nSPS) is 16.2. The summed E-state index contributed by atoms with van der Waals surface area (Å²) in [6, 6.07) is 1.96. The third kappa shape index (κ3) is 3.20. The van der Waals surface area contributed by atoms with Crippen molar-refractivity contribution in [2.24, 2.45) is 0 Å². The Bertz CT molecular complexity index is 671. The molecule has 0 aliphatic carbocycles. The van der Waals surface area contributed by atoms with E-state index in [1.54, 1.807) is 0 Å². The van der Waals surface area contributed by atoms with Crippen LogP contribution in [-0.4, -0.2) is 52.0 Å². The van der Waals surface area contributed by atoms with Crippen molar-refractivity contribution >= 4 is 17.2 Å². The lowest BCUT2D eigenvalue weighted by Gasteiger charge is -2.34. The van der Waals surface area contributed by atoms with Crippen LogP contribution < -0.4 is 0 Å². The number of amides is 1. The first-order valence-corrected chi connectivity index (χ1v) is 8.22. The first kappa shape index (κ1) is 15.2. The van der Waals surface area contributed by atoms with Crippen LogP contribution in [0.25, 0.3) is 0 Å².